The Balaban J connectivity index is 1.51. The van der Waals surface area contributed by atoms with E-state index in [9.17, 15) is 31.9 Å². The molecule has 1 amide bonds. The maximum Gasteiger partial charge on any atom is 0.408 e. The number of aromatic nitrogens is 3. The minimum atomic E-state index is -4.59. The molecule has 2 aromatic heterocycles. The second-order valence-electron chi connectivity index (χ2n) is 8.37. The second kappa shape index (κ2) is 7.66. The number of aliphatic hydroxyl groups excluding tert-OH is 1. The molecule has 0 radical (unpaired) electrons. The van der Waals surface area contributed by atoms with Gasteiger partial charge in [-0.3, -0.25) is 4.79 Å². The number of aliphatic hydroxyl groups is 1. The molecule has 31 heavy (non-hydrogen) atoms. The van der Waals surface area contributed by atoms with Crippen LogP contribution >= 0.6 is 0 Å². The number of rotatable bonds is 4. The molecule has 170 valence electrons. The summed E-state index contributed by atoms with van der Waals surface area (Å²) in [7, 11) is 0. The zero-order chi connectivity index (χ0) is 22.6. The lowest BCUT2D eigenvalue weighted by molar-refractivity contribution is -0.155. The summed E-state index contributed by atoms with van der Waals surface area (Å²) in [5.41, 5.74) is 7.12. The highest BCUT2D eigenvalue weighted by Crippen LogP contribution is 2.40. The van der Waals surface area contributed by atoms with Crippen molar-refractivity contribution < 1.29 is 31.9 Å². The fourth-order valence-corrected chi connectivity index (χ4v) is 4.31. The standard InChI is InChI=1S/C19H22F5N5O2/c20-18(21)3-1-9(2-4-18)15(25)12-8-29-14(27-12)5-10(7-26-29)16(30)11-6-13(19(22,23)24)28-17(11)31/h5,7-9,11,13,15-16,30H,1-4,6,25H2,(H,28,31)/t11-,13-,15+,16+/m1/s1. The van der Waals surface area contributed by atoms with Gasteiger partial charge in [-0.2, -0.15) is 18.3 Å². The van der Waals surface area contributed by atoms with Gasteiger partial charge in [0.2, 0.25) is 11.8 Å². The molecule has 0 aromatic carbocycles. The molecule has 4 N–H and O–H groups in total. The van der Waals surface area contributed by atoms with E-state index in [0.717, 1.165) is 0 Å². The van der Waals surface area contributed by atoms with Gasteiger partial charge in [-0.15, -0.1) is 0 Å². The van der Waals surface area contributed by atoms with E-state index in [2.05, 4.69) is 10.1 Å². The van der Waals surface area contributed by atoms with E-state index in [4.69, 9.17) is 5.73 Å². The van der Waals surface area contributed by atoms with E-state index >= 15 is 0 Å². The average Bonchev–Trinajstić information content (AvgIpc) is 3.29. The molecule has 2 aliphatic rings. The Kier molecular flexibility index (Phi) is 5.41. The van der Waals surface area contributed by atoms with E-state index in [1.807, 2.05) is 5.32 Å². The van der Waals surface area contributed by atoms with Crippen molar-refractivity contribution in [2.45, 2.75) is 62.4 Å². The van der Waals surface area contributed by atoms with Gasteiger partial charge >= 0.3 is 6.18 Å². The third-order valence-electron chi connectivity index (χ3n) is 6.23. The number of hydrogen-bond donors (Lipinski definition) is 3. The van der Waals surface area contributed by atoms with Gasteiger partial charge in [-0.05, 0) is 31.2 Å². The van der Waals surface area contributed by atoms with Crippen LogP contribution in [0, 0.1) is 11.8 Å². The normalized spacial score (nSPS) is 26.7. The summed E-state index contributed by atoms with van der Waals surface area (Å²) in [5.74, 6) is -4.97. The highest BCUT2D eigenvalue weighted by atomic mass is 19.4. The Morgan fingerprint density at radius 3 is 2.58 bits per heavy atom. The number of nitrogens with one attached hydrogen (secondary N) is 1. The number of amides is 1. The molecule has 3 heterocycles. The third kappa shape index (κ3) is 4.36. The minimum absolute atomic E-state index is 0.151. The fraction of sp³-hybridized carbons (Fsp3) is 0.632. The lowest BCUT2D eigenvalue weighted by atomic mass is 9.81. The van der Waals surface area contributed by atoms with Gasteiger partial charge in [-0.25, -0.2) is 18.3 Å². The van der Waals surface area contributed by atoms with Crippen LogP contribution in [0.25, 0.3) is 5.65 Å². The molecular formula is C19H22F5N5O2. The van der Waals surface area contributed by atoms with Crippen molar-refractivity contribution in [2.24, 2.45) is 17.6 Å². The van der Waals surface area contributed by atoms with E-state index in [-0.39, 0.29) is 42.8 Å². The number of nitrogens with zero attached hydrogens (tertiary/aromatic N) is 3. The number of hydrogen-bond acceptors (Lipinski definition) is 5. The predicted molar refractivity (Wildman–Crippen MR) is 97.9 cm³/mol. The first-order valence-electron chi connectivity index (χ1n) is 9.98. The van der Waals surface area contributed by atoms with Gasteiger partial charge in [0, 0.05) is 18.4 Å². The molecule has 0 bridgehead atoms. The largest absolute Gasteiger partial charge is 0.408 e. The number of carbonyl (C=O) groups excluding carboxylic acids is 1. The predicted octanol–water partition coefficient (Wildman–Crippen LogP) is 2.66. The maximum atomic E-state index is 13.4. The molecule has 2 aromatic rings. The molecular weight excluding hydrogens is 425 g/mol. The van der Waals surface area contributed by atoms with Crippen LogP contribution in [0.1, 0.15) is 55.5 Å². The molecule has 1 aliphatic carbocycles. The number of imidazole rings is 1. The Morgan fingerprint density at radius 2 is 1.97 bits per heavy atom. The SMILES string of the molecule is N[C@H](c1cn2ncc([C@H](O)[C@H]3C[C@H](C(F)(F)F)NC3=O)cc2n1)C1CCC(F)(F)CC1. The minimum Gasteiger partial charge on any atom is -0.388 e. The lowest BCUT2D eigenvalue weighted by Crippen LogP contribution is -2.38. The van der Waals surface area contributed by atoms with E-state index in [1.165, 1.54) is 16.8 Å². The van der Waals surface area contributed by atoms with E-state index in [1.54, 1.807) is 6.20 Å². The van der Waals surface area contributed by atoms with Gasteiger partial charge < -0.3 is 16.2 Å². The van der Waals surface area contributed by atoms with Crippen molar-refractivity contribution in [1.29, 1.82) is 0 Å². The fourth-order valence-electron chi connectivity index (χ4n) is 4.31. The second-order valence-corrected chi connectivity index (χ2v) is 8.37. The molecule has 1 saturated carbocycles. The van der Waals surface area contributed by atoms with Gasteiger partial charge in [0.15, 0.2) is 5.65 Å². The van der Waals surface area contributed by atoms with Crippen LogP contribution < -0.4 is 11.1 Å². The quantitative estimate of drug-likeness (QED) is 0.625. The molecule has 2 fully saturated rings. The summed E-state index contributed by atoms with van der Waals surface area (Å²) < 4.78 is 66.8. The molecule has 4 atom stereocenters. The van der Waals surface area contributed by atoms with Gasteiger partial charge in [0.1, 0.15) is 6.04 Å². The monoisotopic (exact) mass is 447 g/mol. The van der Waals surface area contributed by atoms with Crippen LogP contribution in [0.2, 0.25) is 0 Å². The third-order valence-corrected chi connectivity index (χ3v) is 6.23. The van der Waals surface area contributed by atoms with Crippen LogP contribution in [0.5, 0.6) is 0 Å². The Labute approximate surface area is 173 Å². The molecule has 0 spiro atoms. The maximum absolute atomic E-state index is 13.4. The van der Waals surface area contributed by atoms with Crippen molar-refractivity contribution in [3.05, 3.63) is 29.7 Å². The highest BCUT2D eigenvalue weighted by Gasteiger charge is 2.50. The molecule has 1 saturated heterocycles. The van der Waals surface area contributed by atoms with Gasteiger partial charge in [-0.1, -0.05) is 0 Å². The number of halogens is 5. The van der Waals surface area contributed by atoms with Crippen molar-refractivity contribution >= 4 is 11.6 Å². The van der Waals surface area contributed by atoms with Crippen LogP contribution in [-0.4, -0.2) is 43.8 Å². The topological polar surface area (TPSA) is 106 Å². The summed E-state index contributed by atoms with van der Waals surface area (Å²) in [6.07, 6.45) is -3.75. The summed E-state index contributed by atoms with van der Waals surface area (Å²) in [4.78, 5) is 16.3. The van der Waals surface area contributed by atoms with Gasteiger partial charge in [0.05, 0.1) is 36.2 Å². The Hall–Kier alpha value is -2.34. The summed E-state index contributed by atoms with van der Waals surface area (Å²) in [5, 5.41) is 16.5. The molecule has 4 rings (SSSR count). The Morgan fingerprint density at radius 1 is 1.29 bits per heavy atom. The van der Waals surface area contributed by atoms with E-state index < -0.39 is 48.5 Å². The number of alkyl halides is 5. The van der Waals surface area contributed by atoms with Crippen LogP contribution in [0.3, 0.4) is 0 Å². The number of carbonyl (C=O) groups is 1. The van der Waals surface area contributed by atoms with E-state index in [0.29, 0.717) is 5.69 Å². The first-order chi connectivity index (χ1) is 14.4. The Bertz CT molecular complexity index is 968. The lowest BCUT2D eigenvalue weighted by Gasteiger charge is -2.31. The summed E-state index contributed by atoms with van der Waals surface area (Å²) >= 11 is 0. The van der Waals surface area contributed by atoms with Crippen LogP contribution in [0.15, 0.2) is 18.5 Å². The zero-order valence-electron chi connectivity index (χ0n) is 16.3. The number of fused-ring (bicyclic) bond motifs is 1. The number of nitrogens with two attached hydrogens (primary N) is 1. The molecule has 12 heteroatoms. The molecule has 0 unspecified atom stereocenters. The van der Waals surface area contributed by atoms with Gasteiger partial charge in [0.25, 0.3) is 0 Å². The average molecular weight is 447 g/mol. The van der Waals surface area contributed by atoms with Crippen molar-refractivity contribution in [1.82, 2.24) is 19.9 Å². The summed E-state index contributed by atoms with van der Waals surface area (Å²) in [6, 6.07) is -1.15. The zero-order valence-corrected chi connectivity index (χ0v) is 16.3. The van der Waals surface area contributed by atoms with Crippen LogP contribution in [-0.2, 0) is 4.79 Å². The first-order valence-corrected chi connectivity index (χ1v) is 9.98. The molecule has 7 nitrogen and oxygen atoms in total. The summed E-state index contributed by atoms with van der Waals surface area (Å²) in [6.45, 7) is 0. The van der Waals surface area contributed by atoms with Crippen LogP contribution in [0.4, 0.5) is 22.0 Å². The molecule has 1 aliphatic heterocycles. The van der Waals surface area contributed by atoms with Crippen molar-refractivity contribution in [3.63, 3.8) is 0 Å². The smallest absolute Gasteiger partial charge is 0.388 e. The highest BCUT2D eigenvalue weighted by molar-refractivity contribution is 5.82. The van der Waals surface area contributed by atoms with Crippen molar-refractivity contribution in [3.8, 4) is 0 Å². The first kappa shape index (κ1) is 21.9. The van der Waals surface area contributed by atoms with Crippen molar-refractivity contribution in [2.75, 3.05) is 0 Å².